The maximum absolute atomic E-state index is 12.7. The van der Waals surface area contributed by atoms with Crippen molar-refractivity contribution in [2.75, 3.05) is 43.4 Å². The van der Waals surface area contributed by atoms with E-state index in [4.69, 9.17) is 0 Å². The lowest BCUT2D eigenvalue weighted by molar-refractivity contribution is 0.102. The Kier molecular flexibility index (Phi) is 4.99. The fraction of sp³-hybridized carbons (Fsp3) is 0.421. The van der Waals surface area contributed by atoms with Crippen LogP contribution in [0.3, 0.4) is 0 Å². The standard InChI is InChI=1S/C19H25N5O/c1-13-5-6-16(14(2)11-13)22-19(25)17-12-18(21-15(3)20-17)24-9-7-23(4)8-10-24/h5-6,11-12H,7-10H2,1-4H3,(H,22,25). The summed E-state index contributed by atoms with van der Waals surface area (Å²) in [6, 6.07) is 7.76. The number of nitrogens with one attached hydrogen (secondary N) is 1. The first kappa shape index (κ1) is 17.4. The highest BCUT2D eigenvalue weighted by Crippen LogP contribution is 2.19. The number of aryl methyl sites for hydroxylation is 3. The van der Waals surface area contributed by atoms with Gasteiger partial charge >= 0.3 is 0 Å². The van der Waals surface area contributed by atoms with Crippen molar-refractivity contribution in [1.82, 2.24) is 14.9 Å². The van der Waals surface area contributed by atoms with Gasteiger partial charge in [-0.3, -0.25) is 4.79 Å². The Bertz CT molecular complexity index is 781. The number of nitrogens with zero attached hydrogens (tertiary/aromatic N) is 4. The van der Waals surface area contributed by atoms with Gasteiger partial charge in [0.25, 0.3) is 5.91 Å². The van der Waals surface area contributed by atoms with E-state index in [0.29, 0.717) is 11.5 Å². The maximum atomic E-state index is 12.7. The van der Waals surface area contributed by atoms with E-state index in [2.05, 4.69) is 38.2 Å². The minimum absolute atomic E-state index is 0.201. The van der Waals surface area contributed by atoms with Gasteiger partial charge in [0.2, 0.25) is 0 Å². The zero-order chi connectivity index (χ0) is 18.0. The molecule has 3 rings (SSSR count). The van der Waals surface area contributed by atoms with E-state index in [-0.39, 0.29) is 5.91 Å². The van der Waals surface area contributed by atoms with Crippen molar-refractivity contribution in [2.45, 2.75) is 20.8 Å². The van der Waals surface area contributed by atoms with Crippen molar-refractivity contribution in [2.24, 2.45) is 0 Å². The molecule has 2 heterocycles. The summed E-state index contributed by atoms with van der Waals surface area (Å²) in [5.74, 6) is 1.24. The number of anilines is 2. The molecule has 0 aliphatic carbocycles. The SMILES string of the molecule is Cc1ccc(NC(=O)c2cc(N3CCN(C)CC3)nc(C)n2)c(C)c1. The van der Waals surface area contributed by atoms with Gasteiger partial charge < -0.3 is 15.1 Å². The lowest BCUT2D eigenvalue weighted by Crippen LogP contribution is -2.45. The lowest BCUT2D eigenvalue weighted by Gasteiger charge is -2.33. The normalized spacial score (nSPS) is 15.3. The summed E-state index contributed by atoms with van der Waals surface area (Å²) in [5.41, 5.74) is 3.43. The van der Waals surface area contributed by atoms with E-state index in [1.165, 1.54) is 5.56 Å². The number of aromatic nitrogens is 2. The molecule has 0 bridgehead atoms. The predicted octanol–water partition coefficient (Wildman–Crippen LogP) is 2.41. The Balaban J connectivity index is 1.80. The number of hydrogen-bond acceptors (Lipinski definition) is 5. The molecule has 1 N–H and O–H groups in total. The van der Waals surface area contributed by atoms with Crippen molar-refractivity contribution >= 4 is 17.4 Å². The zero-order valence-electron chi connectivity index (χ0n) is 15.3. The Morgan fingerprint density at radius 2 is 1.76 bits per heavy atom. The fourth-order valence-electron chi connectivity index (χ4n) is 3.01. The molecule has 0 saturated carbocycles. The van der Waals surface area contributed by atoms with Crippen LogP contribution in [0.4, 0.5) is 11.5 Å². The average Bonchev–Trinajstić information content (AvgIpc) is 2.57. The van der Waals surface area contributed by atoms with Crippen molar-refractivity contribution in [1.29, 1.82) is 0 Å². The van der Waals surface area contributed by atoms with Gasteiger partial charge in [-0.15, -0.1) is 0 Å². The van der Waals surface area contributed by atoms with Gasteiger partial charge in [0.15, 0.2) is 0 Å². The molecule has 1 aromatic heterocycles. The highest BCUT2D eigenvalue weighted by Gasteiger charge is 2.18. The van der Waals surface area contributed by atoms with Crippen LogP contribution in [0.1, 0.15) is 27.4 Å². The summed E-state index contributed by atoms with van der Waals surface area (Å²) >= 11 is 0. The van der Waals surface area contributed by atoms with Gasteiger partial charge in [0.05, 0.1) is 0 Å². The first-order valence-electron chi connectivity index (χ1n) is 8.60. The topological polar surface area (TPSA) is 61.4 Å². The molecular weight excluding hydrogens is 314 g/mol. The molecule has 25 heavy (non-hydrogen) atoms. The lowest BCUT2D eigenvalue weighted by atomic mass is 10.1. The van der Waals surface area contributed by atoms with Gasteiger partial charge in [-0.25, -0.2) is 9.97 Å². The van der Waals surface area contributed by atoms with Gasteiger partial charge in [-0.1, -0.05) is 17.7 Å². The van der Waals surface area contributed by atoms with Gasteiger partial charge in [-0.05, 0) is 39.4 Å². The van der Waals surface area contributed by atoms with Crippen LogP contribution < -0.4 is 10.2 Å². The van der Waals surface area contributed by atoms with Crippen LogP contribution in [0, 0.1) is 20.8 Å². The summed E-state index contributed by atoms with van der Waals surface area (Å²) in [7, 11) is 2.12. The van der Waals surface area contributed by atoms with Crippen LogP contribution in [-0.4, -0.2) is 54.0 Å². The number of carbonyl (C=O) groups is 1. The number of amides is 1. The quantitative estimate of drug-likeness (QED) is 0.930. The second kappa shape index (κ2) is 7.19. The highest BCUT2D eigenvalue weighted by atomic mass is 16.1. The van der Waals surface area contributed by atoms with Crippen LogP contribution >= 0.6 is 0 Å². The van der Waals surface area contributed by atoms with Crippen molar-refractivity contribution in [3.8, 4) is 0 Å². The fourth-order valence-corrected chi connectivity index (χ4v) is 3.01. The van der Waals surface area contributed by atoms with Crippen LogP contribution in [-0.2, 0) is 0 Å². The number of piperazine rings is 1. The zero-order valence-corrected chi connectivity index (χ0v) is 15.3. The third kappa shape index (κ3) is 4.14. The summed E-state index contributed by atoms with van der Waals surface area (Å²) in [6.45, 7) is 9.65. The molecule has 0 spiro atoms. The summed E-state index contributed by atoms with van der Waals surface area (Å²) in [4.78, 5) is 26.0. The van der Waals surface area contributed by atoms with Gasteiger partial charge in [0.1, 0.15) is 17.3 Å². The maximum Gasteiger partial charge on any atom is 0.274 e. The van der Waals surface area contributed by atoms with Crippen LogP contribution in [0.15, 0.2) is 24.3 Å². The van der Waals surface area contributed by atoms with Crippen LogP contribution in [0.25, 0.3) is 0 Å². The molecule has 1 amide bonds. The minimum atomic E-state index is -0.201. The van der Waals surface area contributed by atoms with E-state index in [1.807, 2.05) is 32.9 Å². The second-order valence-electron chi connectivity index (χ2n) is 6.72. The first-order valence-corrected chi connectivity index (χ1v) is 8.60. The van der Waals surface area contributed by atoms with Gasteiger partial charge in [-0.2, -0.15) is 0 Å². The van der Waals surface area contributed by atoms with Gasteiger partial charge in [0, 0.05) is 37.9 Å². The molecule has 2 aromatic rings. The molecule has 1 saturated heterocycles. The molecule has 6 heteroatoms. The Hall–Kier alpha value is -2.47. The summed E-state index contributed by atoms with van der Waals surface area (Å²) < 4.78 is 0. The van der Waals surface area contributed by atoms with E-state index in [9.17, 15) is 4.79 Å². The Labute approximate surface area is 148 Å². The monoisotopic (exact) mass is 339 g/mol. The van der Waals surface area contributed by atoms with E-state index >= 15 is 0 Å². The molecule has 1 aliphatic heterocycles. The Morgan fingerprint density at radius 3 is 2.44 bits per heavy atom. The number of benzene rings is 1. The molecule has 0 radical (unpaired) electrons. The molecule has 1 aromatic carbocycles. The second-order valence-corrected chi connectivity index (χ2v) is 6.72. The Morgan fingerprint density at radius 1 is 1.04 bits per heavy atom. The molecule has 1 aliphatic rings. The summed E-state index contributed by atoms with van der Waals surface area (Å²) in [5, 5.41) is 2.96. The largest absolute Gasteiger partial charge is 0.354 e. The molecular formula is C19H25N5O. The van der Waals surface area contributed by atoms with Crippen molar-refractivity contribution in [3.05, 3.63) is 46.9 Å². The highest BCUT2D eigenvalue weighted by molar-refractivity contribution is 6.03. The number of likely N-dealkylation sites (N-methyl/N-ethyl adjacent to an activating group) is 1. The average molecular weight is 339 g/mol. The molecule has 6 nitrogen and oxygen atoms in total. The minimum Gasteiger partial charge on any atom is -0.354 e. The smallest absolute Gasteiger partial charge is 0.274 e. The first-order chi connectivity index (χ1) is 11.9. The number of rotatable bonds is 3. The third-order valence-electron chi connectivity index (χ3n) is 4.51. The molecule has 1 fully saturated rings. The number of hydrogen-bond donors (Lipinski definition) is 1. The molecule has 0 unspecified atom stereocenters. The van der Waals surface area contributed by atoms with Crippen LogP contribution in [0.2, 0.25) is 0 Å². The molecule has 0 atom stereocenters. The van der Waals surface area contributed by atoms with E-state index in [0.717, 1.165) is 43.2 Å². The molecule has 132 valence electrons. The van der Waals surface area contributed by atoms with Crippen molar-refractivity contribution in [3.63, 3.8) is 0 Å². The van der Waals surface area contributed by atoms with Crippen molar-refractivity contribution < 1.29 is 4.79 Å². The number of carbonyl (C=O) groups excluding carboxylic acids is 1. The predicted molar refractivity (Wildman–Crippen MR) is 100 cm³/mol. The summed E-state index contributed by atoms with van der Waals surface area (Å²) in [6.07, 6.45) is 0. The van der Waals surface area contributed by atoms with E-state index < -0.39 is 0 Å². The third-order valence-corrected chi connectivity index (χ3v) is 4.51. The van der Waals surface area contributed by atoms with E-state index in [1.54, 1.807) is 6.07 Å². The van der Waals surface area contributed by atoms with Crippen LogP contribution in [0.5, 0.6) is 0 Å².